The molecular weight excluding hydrogens is 264 g/mol. The van der Waals surface area contributed by atoms with Crippen molar-refractivity contribution in [1.29, 1.82) is 5.26 Å². The third-order valence-corrected chi connectivity index (χ3v) is 4.47. The molecule has 1 aliphatic rings. The lowest BCUT2D eigenvalue weighted by molar-refractivity contribution is -0.128. The minimum Gasteiger partial charge on any atom is -0.477 e. The average molecular weight is 278 g/mol. The molecule has 1 saturated carbocycles. The molecule has 0 bridgehead atoms. The second kappa shape index (κ2) is 5.41. The van der Waals surface area contributed by atoms with Crippen molar-refractivity contribution in [3.63, 3.8) is 0 Å². The number of hydrogen-bond donors (Lipinski definition) is 2. The van der Waals surface area contributed by atoms with E-state index in [0.717, 1.165) is 29.1 Å². The molecule has 2 N–H and O–H groups in total. The Morgan fingerprint density at radius 2 is 2.11 bits per heavy atom. The number of hydrogen-bond acceptors (Lipinski definition) is 4. The fraction of sp³-hybridized carbons (Fsp3) is 0.462. The van der Waals surface area contributed by atoms with Gasteiger partial charge in [0.2, 0.25) is 5.91 Å². The van der Waals surface area contributed by atoms with Crippen LogP contribution in [0.5, 0.6) is 0 Å². The van der Waals surface area contributed by atoms with Gasteiger partial charge in [0, 0.05) is 4.88 Å². The van der Waals surface area contributed by atoms with Crippen LogP contribution < -0.4 is 5.32 Å². The molecule has 1 fully saturated rings. The molecule has 0 spiro atoms. The first-order valence-corrected chi connectivity index (χ1v) is 6.91. The van der Waals surface area contributed by atoms with E-state index >= 15 is 0 Å². The zero-order chi connectivity index (χ0) is 13.9. The number of nitrogens with zero attached hydrogens (tertiary/aromatic N) is 1. The van der Waals surface area contributed by atoms with Crippen molar-refractivity contribution >= 4 is 23.2 Å². The smallest absolute Gasteiger partial charge is 0.345 e. The Bertz CT molecular complexity index is 538. The monoisotopic (exact) mass is 278 g/mol. The van der Waals surface area contributed by atoms with E-state index in [0.29, 0.717) is 12.8 Å². The van der Waals surface area contributed by atoms with Crippen LogP contribution >= 0.6 is 11.3 Å². The molecule has 0 radical (unpaired) electrons. The Hall–Kier alpha value is -1.87. The molecule has 1 heterocycles. The predicted molar refractivity (Wildman–Crippen MR) is 69.6 cm³/mol. The van der Waals surface area contributed by atoms with E-state index in [1.165, 1.54) is 6.07 Å². The van der Waals surface area contributed by atoms with Gasteiger partial charge in [0.1, 0.15) is 10.3 Å². The summed E-state index contributed by atoms with van der Waals surface area (Å²) in [5.41, 5.74) is -0.882. The van der Waals surface area contributed by atoms with E-state index in [1.807, 2.05) is 0 Å². The molecule has 0 aliphatic heterocycles. The molecule has 1 aromatic rings. The van der Waals surface area contributed by atoms with Gasteiger partial charge in [-0.15, -0.1) is 11.3 Å². The van der Waals surface area contributed by atoms with Crippen molar-refractivity contribution in [2.24, 2.45) is 5.41 Å². The third kappa shape index (κ3) is 2.76. The number of carboxylic acid groups (broad SMARTS) is 1. The standard InChI is InChI=1S/C13H14N2O3S/c14-8-13(5-1-2-6-13)12(18)15-7-9-3-4-10(19-9)11(16)17/h3-4H,1-2,5-7H2,(H,15,18)(H,16,17). The molecule has 1 amide bonds. The fourth-order valence-electron chi connectivity index (χ4n) is 2.29. The van der Waals surface area contributed by atoms with Gasteiger partial charge in [0.15, 0.2) is 0 Å². The van der Waals surface area contributed by atoms with Gasteiger partial charge in [0.25, 0.3) is 0 Å². The van der Waals surface area contributed by atoms with Crippen molar-refractivity contribution in [3.05, 3.63) is 21.9 Å². The van der Waals surface area contributed by atoms with Gasteiger partial charge < -0.3 is 10.4 Å². The largest absolute Gasteiger partial charge is 0.477 e. The first kappa shape index (κ1) is 13.6. The van der Waals surface area contributed by atoms with Crippen molar-refractivity contribution in [3.8, 4) is 6.07 Å². The van der Waals surface area contributed by atoms with E-state index in [9.17, 15) is 14.9 Å². The number of nitriles is 1. The number of amides is 1. The Morgan fingerprint density at radius 3 is 2.63 bits per heavy atom. The Kier molecular flexibility index (Phi) is 3.86. The number of aromatic carboxylic acids is 1. The summed E-state index contributed by atoms with van der Waals surface area (Å²) in [6, 6.07) is 5.33. The topological polar surface area (TPSA) is 90.2 Å². The predicted octanol–water partition coefficient (Wildman–Crippen LogP) is 2.15. The molecular formula is C13H14N2O3S. The van der Waals surface area contributed by atoms with Crippen LogP contribution in [-0.2, 0) is 11.3 Å². The minimum absolute atomic E-state index is 0.238. The van der Waals surface area contributed by atoms with Gasteiger partial charge in [-0.25, -0.2) is 4.79 Å². The lowest BCUT2D eigenvalue weighted by Crippen LogP contribution is -2.37. The SMILES string of the molecule is N#CC1(C(=O)NCc2ccc(C(=O)O)s2)CCCC1. The lowest BCUT2D eigenvalue weighted by Gasteiger charge is -2.18. The summed E-state index contributed by atoms with van der Waals surface area (Å²) in [6.07, 6.45) is 3.03. The van der Waals surface area contributed by atoms with Crippen LogP contribution in [0, 0.1) is 16.7 Å². The fourth-order valence-corrected chi connectivity index (χ4v) is 3.08. The molecule has 100 valence electrons. The molecule has 1 aliphatic carbocycles. The normalized spacial score (nSPS) is 16.8. The van der Waals surface area contributed by atoms with Gasteiger partial charge in [-0.1, -0.05) is 12.8 Å². The molecule has 2 rings (SSSR count). The second-order valence-corrected chi connectivity index (χ2v) is 5.82. The third-order valence-electron chi connectivity index (χ3n) is 3.40. The number of carbonyl (C=O) groups excluding carboxylic acids is 1. The van der Waals surface area contributed by atoms with Gasteiger partial charge in [-0.05, 0) is 25.0 Å². The molecule has 0 unspecified atom stereocenters. The van der Waals surface area contributed by atoms with Crippen LogP contribution in [0.2, 0.25) is 0 Å². The van der Waals surface area contributed by atoms with Crippen LogP contribution in [0.25, 0.3) is 0 Å². The quantitative estimate of drug-likeness (QED) is 0.883. The number of nitrogens with one attached hydrogen (secondary N) is 1. The highest BCUT2D eigenvalue weighted by atomic mass is 32.1. The molecule has 19 heavy (non-hydrogen) atoms. The van der Waals surface area contributed by atoms with E-state index in [1.54, 1.807) is 6.07 Å². The van der Waals surface area contributed by atoms with Crippen molar-refractivity contribution < 1.29 is 14.7 Å². The molecule has 5 nitrogen and oxygen atoms in total. The van der Waals surface area contributed by atoms with Crippen LogP contribution in [0.1, 0.15) is 40.2 Å². The Balaban J connectivity index is 1.96. The first-order chi connectivity index (χ1) is 9.07. The zero-order valence-corrected chi connectivity index (χ0v) is 11.1. The molecule has 6 heteroatoms. The van der Waals surface area contributed by atoms with Gasteiger partial charge in [-0.3, -0.25) is 4.79 Å². The minimum atomic E-state index is -0.966. The molecule has 1 aromatic heterocycles. The van der Waals surface area contributed by atoms with Crippen LogP contribution in [0.3, 0.4) is 0 Å². The summed E-state index contributed by atoms with van der Waals surface area (Å²) in [5.74, 6) is -1.20. The second-order valence-electron chi connectivity index (χ2n) is 4.65. The van der Waals surface area contributed by atoms with Crippen molar-refractivity contribution in [1.82, 2.24) is 5.32 Å². The highest BCUT2D eigenvalue weighted by molar-refractivity contribution is 7.13. The van der Waals surface area contributed by atoms with Crippen LogP contribution in [0.4, 0.5) is 0 Å². The average Bonchev–Trinajstić information content (AvgIpc) is 3.05. The van der Waals surface area contributed by atoms with E-state index in [-0.39, 0.29) is 17.3 Å². The van der Waals surface area contributed by atoms with Crippen LogP contribution in [-0.4, -0.2) is 17.0 Å². The number of carbonyl (C=O) groups is 2. The van der Waals surface area contributed by atoms with E-state index in [4.69, 9.17) is 5.11 Å². The Morgan fingerprint density at radius 1 is 1.42 bits per heavy atom. The summed E-state index contributed by atoms with van der Waals surface area (Å²) < 4.78 is 0. The van der Waals surface area contributed by atoms with Crippen molar-refractivity contribution in [2.75, 3.05) is 0 Å². The number of carboxylic acids is 1. The maximum Gasteiger partial charge on any atom is 0.345 e. The molecule has 0 atom stereocenters. The molecule has 0 aromatic carbocycles. The summed E-state index contributed by atoms with van der Waals surface area (Å²) in [7, 11) is 0. The van der Waals surface area contributed by atoms with Gasteiger partial charge in [-0.2, -0.15) is 5.26 Å². The zero-order valence-electron chi connectivity index (χ0n) is 10.3. The summed E-state index contributed by atoms with van der Waals surface area (Å²) >= 11 is 1.13. The maximum atomic E-state index is 12.1. The first-order valence-electron chi connectivity index (χ1n) is 6.09. The van der Waals surface area contributed by atoms with Crippen LogP contribution in [0.15, 0.2) is 12.1 Å². The van der Waals surface area contributed by atoms with Crippen molar-refractivity contribution in [2.45, 2.75) is 32.2 Å². The number of rotatable bonds is 4. The van der Waals surface area contributed by atoms with Gasteiger partial charge in [0.05, 0.1) is 12.6 Å². The summed E-state index contributed by atoms with van der Waals surface area (Å²) in [6.45, 7) is 0.278. The lowest BCUT2D eigenvalue weighted by atomic mass is 9.87. The van der Waals surface area contributed by atoms with Gasteiger partial charge >= 0.3 is 5.97 Å². The summed E-state index contributed by atoms with van der Waals surface area (Å²) in [5, 5.41) is 20.7. The number of thiophene rings is 1. The highest BCUT2D eigenvalue weighted by Gasteiger charge is 2.41. The molecule has 0 saturated heterocycles. The highest BCUT2D eigenvalue weighted by Crippen LogP contribution is 2.37. The summed E-state index contributed by atoms with van der Waals surface area (Å²) in [4.78, 5) is 23.8. The van der Waals surface area contributed by atoms with E-state index < -0.39 is 11.4 Å². The van der Waals surface area contributed by atoms with E-state index in [2.05, 4.69) is 11.4 Å². The maximum absolute atomic E-state index is 12.1. The Labute approximate surface area is 114 Å².